The minimum Gasteiger partial charge on any atom is -0.549 e. The van der Waals surface area contributed by atoms with E-state index in [0.29, 0.717) is 7.14 Å². The Morgan fingerprint density at radius 2 is 1.00 bits per heavy atom. The van der Waals surface area contributed by atoms with E-state index in [9.17, 15) is 54.3 Å². The maximum atomic E-state index is 12.7. The van der Waals surface area contributed by atoms with Gasteiger partial charge in [-0.1, -0.05) is 0 Å². The first-order chi connectivity index (χ1) is 18.1. The van der Waals surface area contributed by atoms with Gasteiger partial charge < -0.3 is 54.8 Å². The summed E-state index contributed by atoms with van der Waals surface area (Å²) in [6.07, 6.45) is 0. The van der Waals surface area contributed by atoms with Gasteiger partial charge in [0.1, 0.15) is 0 Å². The third-order valence-corrected chi connectivity index (χ3v) is 7.66. The number of rotatable bonds is 18. The smallest absolute Gasteiger partial charge is 0.238 e. The van der Waals surface area contributed by atoms with Crippen LogP contribution in [0.1, 0.15) is 10.4 Å². The molecule has 1 N–H and O–H groups in total. The molecule has 15 nitrogen and oxygen atoms in total. The molecule has 0 saturated heterocycles. The van der Waals surface area contributed by atoms with Gasteiger partial charge in [-0.25, -0.2) is 0 Å². The summed E-state index contributed by atoms with van der Waals surface area (Å²) in [5.41, 5.74) is 0.0663. The molecular weight excluding hydrogens is 1050 g/mol. The average molecular weight is 1070 g/mol. The van der Waals surface area contributed by atoms with Crippen molar-refractivity contribution >= 4 is 109 Å². The summed E-state index contributed by atoms with van der Waals surface area (Å²) in [6.45, 7) is -4.01. The number of carbonyl (C=O) groups is 6. The molecule has 0 fully saturated rings. The summed E-state index contributed by atoms with van der Waals surface area (Å²) in [4.78, 5) is 71.7. The quantitative estimate of drug-likeness (QED) is 0.135. The minimum atomic E-state index is -1.56. The number of benzene rings is 1. The number of amides is 1. The third-order valence-electron chi connectivity index (χ3n) is 4.88. The zero-order valence-corrected chi connectivity index (χ0v) is 29.5. The zero-order chi connectivity index (χ0) is 29.9. The number of anilines is 1. The van der Waals surface area contributed by atoms with Crippen molar-refractivity contribution in [2.75, 3.05) is 64.2 Å². The monoisotopic (exact) mass is 1070 g/mol. The summed E-state index contributed by atoms with van der Waals surface area (Å²) in [6, 6.07) is 1.52. The molecule has 1 radical (unpaired) electrons. The van der Waals surface area contributed by atoms with Crippen LogP contribution >= 0.6 is 67.8 Å². The molecule has 0 saturated carbocycles. The number of carboxylic acids is 5. The van der Waals surface area contributed by atoms with Gasteiger partial charge in [0.25, 0.3) is 0 Å². The number of aliphatic carboxylic acids is 4. The number of halogens is 3. The predicted molar refractivity (Wildman–Crippen MR) is 147 cm³/mol. The van der Waals surface area contributed by atoms with E-state index in [2.05, 4.69) is 5.32 Å². The number of nitrogens with one attached hydrogen (secondary N) is 1. The van der Waals surface area contributed by atoms with Crippen molar-refractivity contribution < 1.29 is 74.7 Å². The summed E-state index contributed by atoms with van der Waals surface area (Å²) in [5.74, 6) is -8.28. The standard InChI is InChI=1S/C21H25I3N4O11.Re/c22-11-5-12(23)20(19(24)18(11)21(38)39)25-13(29)6-27(8-15(32)33)3-1-26(7-14(30)31)2-4-28(9-16(34)35)10-17(36)37;/h5H,1-4,6-10H2,(H,25,29)(H,30,31)(H,32,33)(H,34,35)(H,36,37)(H,38,39);/p-5/i;1+2. The van der Waals surface area contributed by atoms with Gasteiger partial charge in [-0.15, -0.1) is 0 Å². The van der Waals surface area contributed by atoms with Crippen LogP contribution in [0, 0.1) is 10.7 Å². The van der Waals surface area contributed by atoms with Crippen molar-refractivity contribution in [2.24, 2.45) is 0 Å². The molecule has 0 aromatic heterocycles. The molecule has 223 valence electrons. The van der Waals surface area contributed by atoms with Crippen LogP contribution < -0.4 is 30.8 Å². The third kappa shape index (κ3) is 14.6. The fourth-order valence-corrected chi connectivity index (χ4v) is 7.35. The number of nitrogens with zero attached hydrogens (tertiary/aromatic N) is 3. The second kappa shape index (κ2) is 19.1. The van der Waals surface area contributed by atoms with Gasteiger partial charge in [-0.05, 0) is 73.8 Å². The number of carboxylic acid groups (broad SMARTS) is 5. The van der Waals surface area contributed by atoms with E-state index < -0.39 is 68.5 Å². The predicted octanol–water partition coefficient (Wildman–Crippen LogP) is -6.29. The van der Waals surface area contributed by atoms with Gasteiger partial charge in [0.15, 0.2) is 0 Å². The molecule has 0 spiro atoms. The van der Waals surface area contributed by atoms with Gasteiger partial charge in [0.05, 0.1) is 42.1 Å². The van der Waals surface area contributed by atoms with E-state index >= 15 is 0 Å². The van der Waals surface area contributed by atoms with Crippen LogP contribution in [0.5, 0.6) is 0 Å². The van der Waals surface area contributed by atoms with Gasteiger partial charge in [0, 0.05) is 89.1 Å². The molecule has 0 aliphatic rings. The fraction of sp³-hybridized carbons (Fsp3) is 0.429. The Kier molecular flexibility index (Phi) is 18.5. The maximum Gasteiger partial charge on any atom is 0.238 e. The van der Waals surface area contributed by atoms with E-state index in [1.165, 1.54) is 11.0 Å². The second-order valence-electron chi connectivity index (χ2n) is 7.93. The van der Waals surface area contributed by atoms with Crippen LogP contribution in [-0.2, 0) is 44.4 Å². The van der Waals surface area contributed by atoms with Crippen molar-refractivity contribution in [3.05, 3.63) is 22.3 Å². The van der Waals surface area contributed by atoms with Crippen molar-refractivity contribution in [3.63, 3.8) is 0 Å². The molecule has 0 atom stereocenters. The van der Waals surface area contributed by atoms with Crippen molar-refractivity contribution in [2.45, 2.75) is 0 Å². The molecule has 0 heterocycles. The Morgan fingerprint density at radius 1 is 0.625 bits per heavy atom. The van der Waals surface area contributed by atoms with Crippen LogP contribution in [0.15, 0.2) is 6.07 Å². The molecule has 1 amide bonds. The first-order valence-electron chi connectivity index (χ1n) is 10.8. The Labute approximate surface area is 282 Å². The number of aromatic carboxylic acids is 1. The molecule has 1 rings (SSSR count). The Balaban J connectivity index is 0.0000152. The molecule has 0 aliphatic heterocycles. The minimum absolute atomic E-state index is 0. The van der Waals surface area contributed by atoms with Gasteiger partial charge in [-0.3, -0.25) is 19.5 Å². The van der Waals surface area contributed by atoms with Gasteiger partial charge in [0.2, 0.25) is 5.91 Å². The van der Waals surface area contributed by atoms with Crippen LogP contribution in [-0.4, -0.2) is 109 Å². The van der Waals surface area contributed by atoms with E-state index in [-0.39, 0.29) is 61.4 Å². The van der Waals surface area contributed by atoms with Gasteiger partial charge >= 0.3 is 0 Å². The number of hydrogen-bond donors (Lipinski definition) is 1. The molecular formula is C21H20I3N4O11Re-5. The molecule has 1 aromatic carbocycles. The molecule has 0 bridgehead atoms. The summed E-state index contributed by atoms with van der Waals surface area (Å²) in [7, 11) is 0. The van der Waals surface area contributed by atoms with E-state index in [1.54, 1.807) is 22.6 Å². The van der Waals surface area contributed by atoms with Crippen molar-refractivity contribution in [3.8, 4) is 0 Å². The van der Waals surface area contributed by atoms with Crippen LogP contribution in [0.3, 0.4) is 0 Å². The first kappa shape index (κ1) is 38.8. The Bertz CT molecular complexity index is 1110. The van der Waals surface area contributed by atoms with Crippen LogP contribution in [0.2, 0.25) is 0 Å². The average Bonchev–Trinajstić information content (AvgIpc) is 2.76. The van der Waals surface area contributed by atoms with E-state index in [0.717, 1.165) is 9.80 Å². The second-order valence-corrected chi connectivity index (χ2v) is 11.3. The van der Waals surface area contributed by atoms with Crippen molar-refractivity contribution in [1.29, 1.82) is 0 Å². The molecule has 0 unspecified atom stereocenters. The maximum absolute atomic E-state index is 12.7. The van der Waals surface area contributed by atoms with Crippen LogP contribution in [0.25, 0.3) is 0 Å². The fourth-order valence-electron chi connectivity index (χ4n) is 3.27. The Morgan fingerprint density at radius 3 is 1.40 bits per heavy atom. The van der Waals surface area contributed by atoms with E-state index in [1.807, 2.05) is 45.2 Å². The zero-order valence-electron chi connectivity index (χ0n) is 20.3. The van der Waals surface area contributed by atoms with Crippen molar-refractivity contribution in [1.82, 2.24) is 14.7 Å². The largest absolute Gasteiger partial charge is 0.549 e. The normalized spacial score (nSPS) is 10.8. The van der Waals surface area contributed by atoms with Crippen LogP contribution in [0.4, 0.5) is 5.69 Å². The molecule has 40 heavy (non-hydrogen) atoms. The molecule has 19 heteroatoms. The molecule has 1 aromatic rings. The number of hydrogen-bond acceptors (Lipinski definition) is 14. The summed E-state index contributed by atoms with van der Waals surface area (Å²) >= 11 is 5.45. The summed E-state index contributed by atoms with van der Waals surface area (Å²) in [5, 5.41) is 58.2. The SMILES string of the molecule is O=C([O-])CN(CCN(CC(=O)[O-])CC(=O)[O-])CCN(CC(=O)[O-])CC(=O)Nc1c(I)cc(I)c(C(=O)[O-])c1I.[188Re]. The van der Waals surface area contributed by atoms with E-state index in [4.69, 9.17) is 0 Å². The number of carbonyl (C=O) groups excluding carboxylic acids is 6. The Hall–Kier alpha value is -1.23. The molecule has 0 aliphatic carbocycles. The first-order valence-corrected chi connectivity index (χ1v) is 14.0. The van der Waals surface area contributed by atoms with Gasteiger partial charge in [-0.2, -0.15) is 0 Å². The summed E-state index contributed by atoms with van der Waals surface area (Å²) < 4.78 is 1.12. The topological polar surface area (TPSA) is 239 Å².